The number of nitrogens with two attached hydrogens (primary N) is 1. The molecule has 5 heteroatoms. The Hall–Kier alpha value is -1.36. The van der Waals surface area contributed by atoms with Gasteiger partial charge in [0.05, 0.1) is 10.6 Å². The van der Waals surface area contributed by atoms with E-state index in [1.54, 1.807) is 0 Å². The van der Waals surface area contributed by atoms with Crippen LogP contribution in [0.2, 0.25) is 0 Å². The summed E-state index contributed by atoms with van der Waals surface area (Å²) in [6, 6.07) is 1.92. The topological polar surface area (TPSA) is 83.6 Å². The summed E-state index contributed by atoms with van der Waals surface area (Å²) in [5.74, 6) is -0.690. The third kappa shape index (κ3) is 4.06. The average molecular weight is 311 g/mol. The summed E-state index contributed by atoms with van der Waals surface area (Å²) in [5, 5.41) is 20.7. The van der Waals surface area contributed by atoms with Gasteiger partial charge in [-0.15, -0.1) is 11.8 Å². The molecule has 1 aromatic rings. The van der Waals surface area contributed by atoms with E-state index in [1.807, 2.05) is 47.6 Å². The van der Waals surface area contributed by atoms with Gasteiger partial charge in [0, 0.05) is 5.56 Å². The van der Waals surface area contributed by atoms with Crippen molar-refractivity contribution in [2.75, 3.05) is 5.75 Å². The maximum absolute atomic E-state index is 11.0. The molecule has 0 saturated heterocycles. The molecule has 1 aromatic carbocycles. The van der Waals surface area contributed by atoms with E-state index < -0.39 is 5.91 Å². The Morgan fingerprint density at radius 2 is 1.52 bits per heavy atom. The molecule has 0 atom stereocenters. The molecule has 4 N–H and O–H groups in total. The number of phenols is 2. The van der Waals surface area contributed by atoms with Crippen LogP contribution in [0.25, 0.3) is 0 Å². The molecule has 0 bridgehead atoms. The number of hydrogen-bond donors (Lipinski definition) is 3. The van der Waals surface area contributed by atoms with Crippen LogP contribution in [-0.4, -0.2) is 21.9 Å². The first-order valence-corrected chi connectivity index (χ1v) is 7.85. The molecule has 0 spiro atoms. The minimum absolute atomic E-state index is 0.0605. The number of carbonyl (C=O) groups is 1. The monoisotopic (exact) mass is 311 g/mol. The highest BCUT2D eigenvalue weighted by molar-refractivity contribution is 8.00. The van der Waals surface area contributed by atoms with Gasteiger partial charge in [-0.05, 0) is 22.5 Å². The Balaban J connectivity index is 3.56. The lowest BCUT2D eigenvalue weighted by Crippen LogP contribution is -2.19. The van der Waals surface area contributed by atoms with E-state index in [0.717, 1.165) is 17.3 Å². The van der Waals surface area contributed by atoms with E-state index in [2.05, 4.69) is 0 Å². The molecule has 0 saturated carbocycles. The number of benzene rings is 1. The fraction of sp³-hybridized carbons (Fsp3) is 0.562. The molecule has 0 aliphatic carbocycles. The van der Waals surface area contributed by atoms with Crippen LogP contribution < -0.4 is 5.73 Å². The van der Waals surface area contributed by atoms with E-state index in [9.17, 15) is 15.0 Å². The van der Waals surface area contributed by atoms with Crippen molar-refractivity contribution >= 4 is 17.7 Å². The van der Waals surface area contributed by atoms with Gasteiger partial charge < -0.3 is 15.9 Å². The van der Waals surface area contributed by atoms with Crippen molar-refractivity contribution in [3.8, 4) is 11.5 Å². The highest BCUT2D eigenvalue weighted by Crippen LogP contribution is 2.48. The van der Waals surface area contributed by atoms with Crippen LogP contribution in [0.3, 0.4) is 0 Å². The van der Waals surface area contributed by atoms with E-state index in [0.29, 0.717) is 10.5 Å². The van der Waals surface area contributed by atoms with Crippen LogP contribution in [0.5, 0.6) is 11.5 Å². The number of phenolic OH excluding ortho intramolecular Hbond substituents is 2. The van der Waals surface area contributed by atoms with E-state index in [1.165, 1.54) is 0 Å². The van der Waals surface area contributed by atoms with Crippen molar-refractivity contribution in [1.82, 2.24) is 0 Å². The van der Waals surface area contributed by atoms with Gasteiger partial charge in [-0.2, -0.15) is 0 Å². The van der Waals surface area contributed by atoms with Crippen molar-refractivity contribution in [1.29, 1.82) is 0 Å². The second kappa shape index (κ2) is 5.79. The Labute approximate surface area is 130 Å². The molecular weight excluding hydrogens is 286 g/mol. The number of amides is 1. The first-order chi connectivity index (χ1) is 9.35. The fourth-order valence-electron chi connectivity index (χ4n) is 2.06. The average Bonchev–Trinajstić information content (AvgIpc) is 2.27. The number of hydrogen-bond acceptors (Lipinski definition) is 4. The maximum atomic E-state index is 11.0. The summed E-state index contributed by atoms with van der Waals surface area (Å²) < 4.78 is 0. The summed E-state index contributed by atoms with van der Waals surface area (Å²) in [4.78, 5) is 11.5. The Kier molecular flexibility index (Phi) is 4.88. The van der Waals surface area contributed by atoms with E-state index in [4.69, 9.17) is 5.73 Å². The molecule has 4 nitrogen and oxygen atoms in total. The smallest absolute Gasteiger partial charge is 0.227 e. The maximum Gasteiger partial charge on any atom is 0.227 e. The molecule has 0 aliphatic rings. The largest absolute Gasteiger partial charge is 0.504 e. The van der Waals surface area contributed by atoms with E-state index in [-0.39, 0.29) is 28.1 Å². The van der Waals surface area contributed by atoms with Crippen LogP contribution >= 0.6 is 11.8 Å². The summed E-state index contributed by atoms with van der Waals surface area (Å²) >= 11 is 1.16. The molecule has 0 aliphatic heterocycles. The normalized spacial score (nSPS) is 12.5. The van der Waals surface area contributed by atoms with Crippen LogP contribution in [0.1, 0.15) is 52.7 Å². The first kappa shape index (κ1) is 17.7. The quantitative estimate of drug-likeness (QED) is 0.591. The Morgan fingerprint density at radius 3 is 1.90 bits per heavy atom. The van der Waals surface area contributed by atoms with Crippen LogP contribution in [0.4, 0.5) is 0 Å². The SMILES string of the molecule is CC(C)(C)c1cc(C(C)(C)C)c(SCC(N)=O)c(O)c1O. The minimum Gasteiger partial charge on any atom is -0.504 e. The minimum atomic E-state index is -0.460. The van der Waals surface area contributed by atoms with Crippen molar-refractivity contribution in [2.24, 2.45) is 5.73 Å². The third-order valence-corrected chi connectivity index (χ3v) is 4.33. The van der Waals surface area contributed by atoms with Gasteiger partial charge in [0.25, 0.3) is 0 Å². The second-order valence-corrected chi connectivity index (χ2v) is 8.24. The Bertz CT molecular complexity index is 554. The predicted octanol–water partition coefficient (Wildman–Crippen LogP) is 3.27. The van der Waals surface area contributed by atoms with Crippen LogP contribution in [-0.2, 0) is 15.6 Å². The lowest BCUT2D eigenvalue weighted by molar-refractivity contribution is -0.115. The molecule has 0 fully saturated rings. The summed E-state index contributed by atoms with van der Waals surface area (Å²) in [5.41, 5.74) is 6.24. The molecular formula is C16H25NO3S. The molecule has 118 valence electrons. The highest BCUT2D eigenvalue weighted by atomic mass is 32.2. The van der Waals surface area contributed by atoms with Gasteiger partial charge in [-0.3, -0.25) is 4.79 Å². The fourth-order valence-corrected chi connectivity index (χ4v) is 3.10. The summed E-state index contributed by atoms with van der Waals surface area (Å²) in [6.45, 7) is 12.0. The third-order valence-electron chi connectivity index (χ3n) is 3.20. The second-order valence-electron chi connectivity index (χ2n) is 7.25. The lowest BCUT2D eigenvalue weighted by atomic mass is 9.80. The molecule has 0 unspecified atom stereocenters. The summed E-state index contributed by atoms with van der Waals surface area (Å²) in [7, 11) is 0. The predicted molar refractivity (Wildman–Crippen MR) is 87.1 cm³/mol. The summed E-state index contributed by atoms with van der Waals surface area (Å²) in [6.07, 6.45) is 0. The van der Waals surface area contributed by atoms with Gasteiger partial charge in [-0.25, -0.2) is 0 Å². The van der Waals surface area contributed by atoms with Crippen molar-refractivity contribution in [3.05, 3.63) is 17.2 Å². The lowest BCUT2D eigenvalue weighted by Gasteiger charge is -2.29. The molecule has 0 radical (unpaired) electrons. The van der Waals surface area contributed by atoms with Gasteiger partial charge in [0.15, 0.2) is 11.5 Å². The molecule has 21 heavy (non-hydrogen) atoms. The number of thioether (sulfide) groups is 1. The molecule has 0 heterocycles. The van der Waals surface area contributed by atoms with Crippen molar-refractivity contribution in [2.45, 2.75) is 57.3 Å². The molecule has 0 aromatic heterocycles. The molecule has 1 amide bonds. The molecule has 1 rings (SSSR count). The zero-order valence-corrected chi connectivity index (χ0v) is 14.4. The van der Waals surface area contributed by atoms with E-state index >= 15 is 0 Å². The van der Waals surface area contributed by atoms with Gasteiger partial charge in [0.2, 0.25) is 5.91 Å². The van der Waals surface area contributed by atoms with Gasteiger partial charge in [-0.1, -0.05) is 41.5 Å². The highest BCUT2D eigenvalue weighted by Gasteiger charge is 2.29. The number of rotatable bonds is 3. The zero-order chi connectivity index (χ0) is 16.6. The Morgan fingerprint density at radius 1 is 1.05 bits per heavy atom. The standard InChI is InChI=1S/C16H25NO3S/c1-15(2,3)9-7-10(16(4,5)6)14(13(20)12(9)19)21-8-11(17)18/h7,19-20H,8H2,1-6H3,(H2,17,18). The van der Waals surface area contributed by atoms with Crippen molar-refractivity contribution < 1.29 is 15.0 Å². The number of primary amides is 1. The van der Waals surface area contributed by atoms with Gasteiger partial charge >= 0.3 is 0 Å². The van der Waals surface area contributed by atoms with Crippen LogP contribution in [0, 0.1) is 0 Å². The first-order valence-electron chi connectivity index (χ1n) is 6.86. The van der Waals surface area contributed by atoms with Crippen molar-refractivity contribution in [3.63, 3.8) is 0 Å². The number of aromatic hydroxyl groups is 2. The van der Waals surface area contributed by atoms with Crippen LogP contribution in [0.15, 0.2) is 11.0 Å². The van der Waals surface area contributed by atoms with Gasteiger partial charge in [0.1, 0.15) is 0 Å². The zero-order valence-electron chi connectivity index (χ0n) is 13.6. The number of carbonyl (C=O) groups excluding carboxylic acids is 1.